The van der Waals surface area contributed by atoms with Gasteiger partial charge in [-0.1, -0.05) is 11.6 Å². The molecule has 0 saturated heterocycles. The van der Waals surface area contributed by atoms with Crippen molar-refractivity contribution in [1.29, 1.82) is 0 Å². The smallest absolute Gasteiger partial charge is 0.231 e. The first kappa shape index (κ1) is 11.0. The van der Waals surface area contributed by atoms with Gasteiger partial charge >= 0.3 is 0 Å². The van der Waals surface area contributed by atoms with Crippen LogP contribution in [0, 0.1) is 6.92 Å². The molecule has 1 heterocycles. The summed E-state index contributed by atoms with van der Waals surface area (Å²) in [6.45, 7) is 2.51. The number of carbonyl (C=O) groups is 1. The molecule has 0 aromatic carbocycles. The van der Waals surface area contributed by atoms with Gasteiger partial charge in [-0.15, -0.1) is 0 Å². The molecule has 0 atom stereocenters. The largest absolute Gasteiger partial charge is 0.369 e. The first-order valence-electron chi connectivity index (χ1n) is 4.19. The number of nitrogens with two attached hydrogens (primary N) is 1. The van der Waals surface area contributed by atoms with Crippen molar-refractivity contribution in [3.63, 3.8) is 0 Å². The fraction of sp³-hybridized carbons (Fsp3) is 0.500. The van der Waals surface area contributed by atoms with Crippen molar-refractivity contribution in [2.75, 3.05) is 6.54 Å². The lowest BCUT2D eigenvalue weighted by molar-refractivity contribution is -0.117. The molecule has 0 bridgehead atoms. The minimum Gasteiger partial charge on any atom is -0.369 e. The van der Waals surface area contributed by atoms with Gasteiger partial charge in [0, 0.05) is 19.2 Å². The number of amides is 1. The van der Waals surface area contributed by atoms with Gasteiger partial charge in [0.2, 0.25) is 5.91 Å². The Morgan fingerprint density at radius 3 is 2.79 bits per heavy atom. The van der Waals surface area contributed by atoms with Crippen molar-refractivity contribution >= 4 is 17.5 Å². The molecule has 3 N–H and O–H groups in total. The number of hydrogen-bond acceptors (Lipinski definition) is 3. The van der Waals surface area contributed by atoms with Crippen molar-refractivity contribution in [2.24, 2.45) is 12.8 Å². The number of aryl methyl sites for hydroxylation is 2. The molecular formula is C8H13ClN4O. The number of hydrogen-bond donors (Lipinski definition) is 2. The van der Waals surface area contributed by atoms with E-state index < -0.39 is 0 Å². The summed E-state index contributed by atoms with van der Waals surface area (Å²) >= 11 is 5.97. The molecule has 1 aromatic rings. The van der Waals surface area contributed by atoms with E-state index in [-0.39, 0.29) is 12.5 Å². The van der Waals surface area contributed by atoms with Crippen LogP contribution >= 0.6 is 11.6 Å². The highest BCUT2D eigenvalue weighted by atomic mass is 35.5. The first-order valence-corrected chi connectivity index (χ1v) is 4.57. The van der Waals surface area contributed by atoms with E-state index >= 15 is 0 Å². The van der Waals surface area contributed by atoms with Crippen LogP contribution in [0.4, 0.5) is 0 Å². The summed E-state index contributed by atoms with van der Waals surface area (Å²) in [5, 5.41) is 7.60. The van der Waals surface area contributed by atoms with Gasteiger partial charge in [0.25, 0.3) is 0 Å². The minimum atomic E-state index is -0.386. The fourth-order valence-electron chi connectivity index (χ4n) is 1.19. The van der Waals surface area contributed by atoms with Crippen LogP contribution in [-0.4, -0.2) is 22.2 Å². The van der Waals surface area contributed by atoms with Crippen LogP contribution < -0.4 is 11.1 Å². The van der Waals surface area contributed by atoms with E-state index in [9.17, 15) is 4.79 Å². The van der Waals surface area contributed by atoms with Gasteiger partial charge in [-0.05, 0) is 6.92 Å². The zero-order valence-electron chi connectivity index (χ0n) is 8.17. The molecule has 0 spiro atoms. The average molecular weight is 217 g/mol. The lowest BCUT2D eigenvalue weighted by atomic mass is 10.2. The van der Waals surface area contributed by atoms with Gasteiger partial charge in [-0.25, -0.2) is 0 Å². The summed E-state index contributed by atoms with van der Waals surface area (Å²) in [6, 6.07) is 0. The highest BCUT2D eigenvalue weighted by Crippen LogP contribution is 2.17. The maximum Gasteiger partial charge on any atom is 0.231 e. The Balaban J connectivity index is 2.62. The Morgan fingerprint density at radius 2 is 2.36 bits per heavy atom. The lowest BCUT2D eigenvalue weighted by Gasteiger charge is -2.01. The highest BCUT2D eigenvalue weighted by molar-refractivity contribution is 6.30. The van der Waals surface area contributed by atoms with E-state index in [1.807, 2.05) is 6.92 Å². The molecule has 1 amide bonds. The summed E-state index contributed by atoms with van der Waals surface area (Å²) in [5.41, 5.74) is 6.74. The molecule has 0 saturated carbocycles. The molecule has 0 aliphatic heterocycles. The number of nitrogens with one attached hydrogen (secondary N) is 1. The third kappa shape index (κ3) is 2.46. The molecular weight excluding hydrogens is 204 g/mol. The Kier molecular flexibility index (Phi) is 3.49. The molecule has 0 unspecified atom stereocenters. The van der Waals surface area contributed by atoms with Gasteiger partial charge in [-0.3, -0.25) is 9.48 Å². The summed E-state index contributed by atoms with van der Waals surface area (Å²) in [4.78, 5) is 10.5. The topological polar surface area (TPSA) is 72.9 Å². The molecule has 0 aliphatic rings. The zero-order chi connectivity index (χ0) is 10.7. The maximum absolute atomic E-state index is 10.5. The standard InChI is InChI=1S/C8H13ClN4O/c1-5-6(3-11-4-7(10)14)8(9)13(2)12-5/h11H,3-4H2,1-2H3,(H2,10,14). The normalized spacial score (nSPS) is 10.5. The predicted molar refractivity (Wildman–Crippen MR) is 53.9 cm³/mol. The van der Waals surface area contributed by atoms with Crippen LogP contribution in [0.15, 0.2) is 0 Å². The highest BCUT2D eigenvalue weighted by Gasteiger charge is 2.10. The summed E-state index contributed by atoms with van der Waals surface area (Å²) < 4.78 is 1.60. The van der Waals surface area contributed by atoms with Gasteiger partial charge in [0.05, 0.1) is 12.2 Å². The number of rotatable bonds is 4. The number of primary amides is 1. The van der Waals surface area contributed by atoms with Crippen LogP contribution in [-0.2, 0) is 18.4 Å². The van der Waals surface area contributed by atoms with Crippen LogP contribution in [0.2, 0.25) is 5.15 Å². The van der Waals surface area contributed by atoms with Crippen LogP contribution in [0.5, 0.6) is 0 Å². The van der Waals surface area contributed by atoms with Crippen molar-refractivity contribution in [1.82, 2.24) is 15.1 Å². The van der Waals surface area contributed by atoms with Crippen molar-refractivity contribution in [3.8, 4) is 0 Å². The van der Waals surface area contributed by atoms with Gasteiger partial charge in [-0.2, -0.15) is 5.10 Å². The maximum atomic E-state index is 10.5. The second-order valence-corrected chi connectivity index (χ2v) is 3.41. The van der Waals surface area contributed by atoms with Gasteiger partial charge < -0.3 is 11.1 Å². The first-order chi connectivity index (χ1) is 6.52. The van der Waals surface area contributed by atoms with E-state index in [0.717, 1.165) is 11.3 Å². The van der Waals surface area contributed by atoms with Crippen molar-refractivity contribution in [3.05, 3.63) is 16.4 Å². The van der Waals surface area contributed by atoms with Gasteiger partial charge in [0.15, 0.2) is 0 Å². The van der Waals surface area contributed by atoms with Crippen molar-refractivity contribution < 1.29 is 4.79 Å². The van der Waals surface area contributed by atoms with Crippen LogP contribution in [0.1, 0.15) is 11.3 Å². The summed E-state index contributed by atoms with van der Waals surface area (Å²) in [6.07, 6.45) is 0. The molecule has 78 valence electrons. The average Bonchev–Trinajstić information content (AvgIpc) is 2.31. The minimum absolute atomic E-state index is 0.144. The molecule has 1 rings (SSSR count). The summed E-state index contributed by atoms with van der Waals surface area (Å²) in [7, 11) is 1.77. The third-order valence-electron chi connectivity index (χ3n) is 1.87. The second kappa shape index (κ2) is 4.43. The number of aromatic nitrogens is 2. The molecule has 5 nitrogen and oxygen atoms in total. The molecule has 0 fully saturated rings. The Bertz CT molecular complexity index is 347. The molecule has 6 heteroatoms. The quantitative estimate of drug-likeness (QED) is 0.742. The molecule has 1 aromatic heterocycles. The summed E-state index contributed by atoms with van der Waals surface area (Å²) in [5.74, 6) is -0.386. The monoisotopic (exact) mass is 216 g/mol. The molecule has 0 radical (unpaired) electrons. The number of nitrogens with zero attached hydrogens (tertiary/aromatic N) is 2. The fourth-order valence-corrected chi connectivity index (χ4v) is 1.43. The predicted octanol–water partition coefficient (Wildman–Crippen LogP) is -0.0432. The zero-order valence-corrected chi connectivity index (χ0v) is 8.93. The molecule has 0 aliphatic carbocycles. The Labute approximate surface area is 87.2 Å². The van der Waals surface area contributed by atoms with E-state index in [1.54, 1.807) is 11.7 Å². The van der Waals surface area contributed by atoms with Crippen LogP contribution in [0.3, 0.4) is 0 Å². The molecule has 14 heavy (non-hydrogen) atoms. The van der Waals surface area contributed by atoms with Crippen LogP contribution in [0.25, 0.3) is 0 Å². The van der Waals surface area contributed by atoms with E-state index in [1.165, 1.54) is 0 Å². The second-order valence-electron chi connectivity index (χ2n) is 3.05. The van der Waals surface area contributed by atoms with Gasteiger partial charge in [0.1, 0.15) is 5.15 Å². The lowest BCUT2D eigenvalue weighted by Crippen LogP contribution is -2.28. The van der Waals surface area contributed by atoms with E-state index in [4.69, 9.17) is 17.3 Å². The van der Waals surface area contributed by atoms with E-state index in [2.05, 4.69) is 10.4 Å². The Hall–Kier alpha value is -1.07. The SMILES string of the molecule is Cc1nn(C)c(Cl)c1CNCC(N)=O. The Morgan fingerprint density at radius 1 is 1.71 bits per heavy atom. The van der Waals surface area contributed by atoms with Crippen molar-refractivity contribution in [2.45, 2.75) is 13.5 Å². The third-order valence-corrected chi connectivity index (χ3v) is 2.34. The number of halogens is 1. The number of carbonyl (C=O) groups excluding carboxylic acids is 1. The van der Waals surface area contributed by atoms with E-state index in [0.29, 0.717) is 11.7 Å².